The molecule has 0 aliphatic carbocycles. The summed E-state index contributed by atoms with van der Waals surface area (Å²) in [6.45, 7) is 6.05. The monoisotopic (exact) mass is 256 g/mol. The van der Waals surface area contributed by atoms with E-state index in [0.29, 0.717) is 5.56 Å². The summed E-state index contributed by atoms with van der Waals surface area (Å²) in [4.78, 5) is 11.4. The number of esters is 1. The van der Waals surface area contributed by atoms with Gasteiger partial charge in [-0.1, -0.05) is 55.8 Å². The molecule has 2 nitrogen and oxygen atoms in total. The van der Waals surface area contributed by atoms with Gasteiger partial charge < -0.3 is 4.74 Å². The largest absolute Gasteiger partial charge is 0.465 e. The fourth-order valence-electron chi connectivity index (χ4n) is 1.77. The van der Waals surface area contributed by atoms with Gasteiger partial charge in [0, 0.05) is 0 Å². The highest BCUT2D eigenvalue weighted by molar-refractivity contribution is 5.90. The normalized spacial score (nSPS) is 9.26. The third-order valence-electron chi connectivity index (χ3n) is 2.64. The van der Waals surface area contributed by atoms with Crippen LogP contribution in [0.1, 0.15) is 29.8 Å². The van der Waals surface area contributed by atoms with Crippen LogP contribution in [-0.4, -0.2) is 13.1 Å². The average Bonchev–Trinajstić information content (AvgIpc) is 2.48. The maximum Gasteiger partial charge on any atom is 0.337 e. The number of methoxy groups -OCH3 is 1. The molecule has 2 rings (SSSR count). The topological polar surface area (TPSA) is 26.3 Å². The van der Waals surface area contributed by atoms with Crippen LogP contribution in [-0.2, 0) is 4.74 Å². The first-order valence-electron chi connectivity index (χ1n) is 6.46. The quantitative estimate of drug-likeness (QED) is 0.741. The minimum Gasteiger partial charge on any atom is -0.465 e. The van der Waals surface area contributed by atoms with Gasteiger partial charge in [0.25, 0.3) is 0 Å². The molecule has 19 heavy (non-hydrogen) atoms. The van der Waals surface area contributed by atoms with Crippen molar-refractivity contribution in [3.8, 4) is 11.1 Å². The van der Waals surface area contributed by atoms with Gasteiger partial charge in [-0.2, -0.15) is 0 Å². The standard InChI is InChI=1S/C15H14O2.C2H6/c1-11-5-3-6-12(9-11)13-7-4-8-14(10-13)15(16)17-2;1-2/h3-10H,1-2H3;1-2H3. The first-order valence-corrected chi connectivity index (χ1v) is 6.46. The van der Waals surface area contributed by atoms with Crippen molar-refractivity contribution in [2.24, 2.45) is 0 Å². The van der Waals surface area contributed by atoms with Crippen molar-refractivity contribution >= 4 is 5.97 Å². The zero-order valence-electron chi connectivity index (χ0n) is 11.9. The molecule has 0 saturated carbocycles. The van der Waals surface area contributed by atoms with Crippen molar-refractivity contribution in [3.63, 3.8) is 0 Å². The number of ether oxygens (including phenoxy) is 1. The van der Waals surface area contributed by atoms with E-state index in [9.17, 15) is 4.79 Å². The van der Waals surface area contributed by atoms with Crippen molar-refractivity contribution in [3.05, 3.63) is 59.7 Å². The molecule has 100 valence electrons. The van der Waals surface area contributed by atoms with E-state index in [1.54, 1.807) is 6.07 Å². The average molecular weight is 256 g/mol. The molecule has 0 aliphatic heterocycles. The molecule has 2 aromatic rings. The number of benzene rings is 2. The van der Waals surface area contributed by atoms with Gasteiger partial charge >= 0.3 is 5.97 Å². The lowest BCUT2D eigenvalue weighted by Gasteiger charge is -2.05. The Bertz CT molecular complexity index is 544. The predicted octanol–water partition coefficient (Wildman–Crippen LogP) is 4.47. The Kier molecular flexibility index (Phi) is 5.80. The molecule has 0 atom stereocenters. The zero-order valence-corrected chi connectivity index (χ0v) is 11.9. The van der Waals surface area contributed by atoms with Crippen LogP contribution < -0.4 is 0 Å². The molecule has 0 amide bonds. The van der Waals surface area contributed by atoms with Crippen molar-refractivity contribution in [2.75, 3.05) is 7.11 Å². The molecular weight excluding hydrogens is 236 g/mol. The van der Waals surface area contributed by atoms with Gasteiger partial charge in [0.2, 0.25) is 0 Å². The predicted molar refractivity (Wildman–Crippen MR) is 79.3 cm³/mol. The minimum atomic E-state index is -0.306. The van der Waals surface area contributed by atoms with Gasteiger partial charge in [-0.25, -0.2) is 4.79 Å². The number of carbonyl (C=O) groups is 1. The number of hydrogen-bond acceptors (Lipinski definition) is 2. The van der Waals surface area contributed by atoms with E-state index in [-0.39, 0.29) is 5.97 Å². The van der Waals surface area contributed by atoms with Gasteiger partial charge in [-0.05, 0) is 30.2 Å². The number of rotatable bonds is 2. The smallest absolute Gasteiger partial charge is 0.337 e. The number of carbonyl (C=O) groups excluding carboxylic acids is 1. The summed E-state index contributed by atoms with van der Waals surface area (Å²) < 4.78 is 4.71. The summed E-state index contributed by atoms with van der Waals surface area (Å²) in [7, 11) is 1.39. The van der Waals surface area contributed by atoms with Crippen molar-refractivity contribution in [1.29, 1.82) is 0 Å². The maximum absolute atomic E-state index is 11.4. The summed E-state index contributed by atoms with van der Waals surface area (Å²) in [6.07, 6.45) is 0. The molecule has 0 fully saturated rings. The minimum absolute atomic E-state index is 0.306. The van der Waals surface area contributed by atoms with E-state index in [4.69, 9.17) is 4.74 Å². The summed E-state index contributed by atoms with van der Waals surface area (Å²) >= 11 is 0. The van der Waals surface area contributed by atoms with Gasteiger partial charge in [0.15, 0.2) is 0 Å². The molecule has 0 unspecified atom stereocenters. The molecule has 0 aliphatic rings. The Morgan fingerprint density at radius 2 is 1.53 bits per heavy atom. The lowest BCUT2D eigenvalue weighted by molar-refractivity contribution is 0.0601. The van der Waals surface area contributed by atoms with E-state index >= 15 is 0 Å². The number of hydrogen-bond donors (Lipinski definition) is 0. The van der Waals surface area contributed by atoms with E-state index in [2.05, 4.69) is 6.07 Å². The van der Waals surface area contributed by atoms with Crippen LogP contribution in [0.15, 0.2) is 48.5 Å². The SMILES string of the molecule is CC.COC(=O)c1cccc(-c2cccc(C)c2)c1. The molecule has 0 spiro atoms. The lowest BCUT2D eigenvalue weighted by Crippen LogP contribution is -2.00. The van der Waals surface area contributed by atoms with Gasteiger partial charge in [-0.3, -0.25) is 0 Å². The van der Waals surface area contributed by atoms with Gasteiger partial charge in [-0.15, -0.1) is 0 Å². The van der Waals surface area contributed by atoms with Crippen LogP contribution in [0.2, 0.25) is 0 Å². The first kappa shape index (κ1) is 15.0. The van der Waals surface area contributed by atoms with Crippen molar-refractivity contribution < 1.29 is 9.53 Å². The van der Waals surface area contributed by atoms with Crippen LogP contribution >= 0.6 is 0 Å². The molecule has 0 N–H and O–H groups in total. The van der Waals surface area contributed by atoms with E-state index in [0.717, 1.165) is 11.1 Å². The summed E-state index contributed by atoms with van der Waals surface area (Å²) in [5, 5.41) is 0. The highest BCUT2D eigenvalue weighted by atomic mass is 16.5. The van der Waals surface area contributed by atoms with E-state index in [1.165, 1.54) is 12.7 Å². The van der Waals surface area contributed by atoms with Crippen LogP contribution in [0, 0.1) is 6.92 Å². The Balaban J connectivity index is 0.000000861. The van der Waals surface area contributed by atoms with Crippen molar-refractivity contribution in [2.45, 2.75) is 20.8 Å². The molecular formula is C17H20O2. The molecule has 2 aromatic carbocycles. The zero-order chi connectivity index (χ0) is 14.3. The third kappa shape index (κ3) is 3.95. The molecule has 0 radical (unpaired) electrons. The fourth-order valence-corrected chi connectivity index (χ4v) is 1.77. The molecule has 0 heterocycles. The highest BCUT2D eigenvalue weighted by Gasteiger charge is 2.06. The van der Waals surface area contributed by atoms with Crippen LogP contribution in [0.5, 0.6) is 0 Å². The molecule has 2 heteroatoms. The third-order valence-corrected chi connectivity index (χ3v) is 2.64. The number of aryl methyl sites for hydroxylation is 1. The van der Waals surface area contributed by atoms with Crippen LogP contribution in [0.4, 0.5) is 0 Å². The van der Waals surface area contributed by atoms with Crippen LogP contribution in [0.3, 0.4) is 0 Å². The van der Waals surface area contributed by atoms with E-state index in [1.807, 2.05) is 57.2 Å². The molecule has 0 saturated heterocycles. The Morgan fingerprint density at radius 3 is 2.11 bits per heavy atom. The second-order valence-electron chi connectivity index (χ2n) is 3.94. The second-order valence-corrected chi connectivity index (χ2v) is 3.94. The lowest BCUT2D eigenvalue weighted by atomic mass is 10.0. The first-order chi connectivity index (χ1) is 9.20. The van der Waals surface area contributed by atoms with E-state index < -0.39 is 0 Å². The second kappa shape index (κ2) is 7.37. The van der Waals surface area contributed by atoms with Gasteiger partial charge in [0.05, 0.1) is 12.7 Å². The van der Waals surface area contributed by atoms with Crippen molar-refractivity contribution in [1.82, 2.24) is 0 Å². The Labute approximate surface area is 115 Å². The fraction of sp³-hybridized carbons (Fsp3) is 0.235. The molecule has 0 bridgehead atoms. The Morgan fingerprint density at radius 1 is 0.947 bits per heavy atom. The summed E-state index contributed by atoms with van der Waals surface area (Å²) in [5.74, 6) is -0.306. The molecule has 0 aromatic heterocycles. The Hall–Kier alpha value is -2.09. The maximum atomic E-state index is 11.4. The summed E-state index contributed by atoms with van der Waals surface area (Å²) in [5.41, 5.74) is 3.91. The van der Waals surface area contributed by atoms with Crippen LogP contribution in [0.25, 0.3) is 11.1 Å². The van der Waals surface area contributed by atoms with Gasteiger partial charge in [0.1, 0.15) is 0 Å². The highest BCUT2D eigenvalue weighted by Crippen LogP contribution is 2.21. The summed E-state index contributed by atoms with van der Waals surface area (Å²) in [6, 6.07) is 15.6.